The second-order valence-corrected chi connectivity index (χ2v) is 23.0. The van der Waals surface area contributed by atoms with Crippen molar-refractivity contribution in [3.8, 4) is 11.1 Å². The van der Waals surface area contributed by atoms with Gasteiger partial charge in [-0.1, -0.05) is 60.2 Å². The topological polar surface area (TPSA) is 9.23 Å². The molecule has 1 spiro atoms. The van der Waals surface area contributed by atoms with Crippen molar-refractivity contribution in [1.82, 2.24) is 0 Å². The van der Waals surface area contributed by atoms with Crippen molar-refractivity contribution in [2.45, 2.75) is 68.6 Å². The number of fused-ring (bicyclic) bond motifs is 1. The molecule has 10 atom stereocenters. The molecule has 0 N–H and O–H groups in total. The predicted octanol–water partition coefficient (Wildman–Crippen LogP) is 10.2. The number of ether oxygens (including phenoxy) is 1. The SMILES string of the molecule is C=S=C(CCCC1(c2ccccc2)C2C3=CC4Cc5cc6c7c8c5C4C4=C3C3=c5c4c-8c4c8c5C5C9=C3C21CC9C=C1C=C2CC(C6)C(C2=C8C15)C=47)OCCc1ccsc1. The number of hydrogen-bond donors (Lipinski definition) is 0. The van der Waals surface area contributed by atoms with E-state index >= 15 is 0 Å². The first kappa shape index (κ1) is 30.5. The highest BCUT2D eigenvalue weighted by Gasteiger charge is 2.84. The molecule has 0 aliphatic heterocycles. The Hall–Kier alpha value is -4.54. The van der Waals surface area contributed by atoms with Gasteiger partial charge in [-0.2, -0.15) is 11.3 Å². The van der Waals surface area contributed by atoms with Crippen LogP contribution in [-0.2, 0) is 29.4 Å². The maximum Gasteiger partial charge on any atom is 0.104 e. The molecular weight excluding hydrogens is 765 g/mol. The summed E-state index contributed by atoms with van der Waals surface area (Å²) in [5.41, 5.74) is 38.8. The van der Waals surface area contributed by atoms with Crippen LogP contribution in [0.2, 0.25) is 0 Å². The fourth-order valence-electron chi connectivity index (χ4n) is 19.0. The number of rotatable bonds is 8. The minimum Gasteiger partial charge on any atom is -0.340 e. The molecular formula is C57H40OS2. The normalized spacial score (nSPS) is 36.7. The Morgan fingerprint density at radius 2 is 1.78 bits per heavy atom. The zero-order valence-electron chi connectivity index (χ0n) is 33.3. The zero-order chi connectivity index (χ0) is 38.0. The van der Waals surface area contributed by atoms with E-state index in [2.05, 4.69) is 77.3 Å². The van der Waals surface area contributed by atoms with Gasteiger partial charge in [-0.25, -0.2) is 0 Å². The van der Waals surface area contributed by atoms with E-state index < -0.39 is 0 Å². The average Bonchev–Trinajstić information content (AvgIpc) is 4.06. The van der Waals surface area contributed by atoms with Crippen LogP contribution >= 0.6 is 22.3 Å². The molecule has 286 valence electrons. The van der Waals surface area contributed by atoms with Gasteiger partial charge in [0.2, 0.25) is 0 Å². The second-order valence-electron chi connectivity index (χ2n) is 21.4. The van der Waals surface area contributed by atoms with Gasteiger partial charge >= 0.3 is 0 Å². The summed E-state index contributed by atoms with van der Waals surface area (Å²) in [5, 5.41) is 9.09. The maximum absolute atomic E-state index is 6.52. The van der Waals surface area contributed by atoms with Crippen LogP contribution < -0.4 is 10.4 Å². The molecule has 0 bridgehead atoms. The van der Waals surface area contributed by atoms with Gasteiger partial charge in [0, 0.05) is 52.8 Å². The molecule has 3 fully saturated rings. The van der Waals surface area contributed by atoms with Crippen LogP contribution in [0.4, 0.5) is 0 Å². The Morgan fingerprint density at radius 1 is 0.833 bits per heavy atom. The Bertz CT molecular complexity index is 3480. The molecule has 15 aliphatic rings. The van der Waals surface area contributed by atoms with Crippen LogP contribution in [0.3, 0.4) is 0 Å². The summed E-state index contributed by atoms with van der Waals surface area (Å²) in [4.78, 5) is 0. The molecule has 60 heavy (non-hydrogen) atoms. The number of thiophene rings is 1. The van der Waals surface area contributed by atoms with Gasteiger partial charge in [-0.15, -0.1) is 10.9 Å². The molecule has 4 aromatic rings. The number of benzene rings is 3. The van der Waals surface area contributed by atoms with E-state index in [1.54, 1.807) is 111 Å². The summed E-state index contributed by atoms with van der Waals surface area (Å²) < 4.78 is 6.52. The molecule has 1 heterocycles. The lowest BCUT2D eigenvalue weighted by Gasteiger charge is -2.39. The van der Waals surface area contributed by atoms with Crippen molar-refractivity contribution in [1.29, 1.82) is 0 Å². The number of allylic oxidation sites excluding steroid dienone is 12. The molecule has 3 saturated carbocycles. The summed E-state index contributed by atoms with van der Waals surface area (Å²) >= 11 is 1.78. The summed E-state index contributed by atoms with van der Waals surface area (Å²) in [6.45, 7) is 0.736. The van der Waals surface area contributed by atoms with Gasteiger partial charge in [0.15, 0.2) is 0 Å². The minimum absolute atomic E-state index is 0.0721. The molecule has 1 aromatic heterocycles. The van der Waals surface area contributed by atoms with Gasteiger partial charge in [0.25, 0.3) is 0 Å². The van der Waals surface area contributed by atoms with Crippen LogP contribution in [0.25, 0.3) is 33.4 Å². The van der Waals surface area contributed by atoms with E-state index in [1.807, 2.05) is 39.0 Å². The summed E-state index contributed by atoms with van der Waals surface area (Å²) in [6.07, 6.45) is 18.0. The van der Waals surface area contributed by atoms with E-state index in [0.29, 0.717) is 41.4 Å². The van der Waals surface area contributed by atoms with E-state index in [1.165, 1.54) is 37.7 Å². The Morgan fingerprint density at radius 3 is 2.68 bits per heavy atom. The maximum atomic E-state index is 6.52. The molecule has 1 nitrogen and oxygen atoms in total. The third-order valence-corrected chi connectivity index (χ3v) is 21.4. The van der Waals surface area contributed by atoms with E-state index in [4.69, 9.17) is 4.74 Å². The Labute approximate surface area is 356 Å². The van der Waals surface area contributed by atoms with Crippen molar-refractivity contribution in [2.75, 3.05) is 6.61 Å². The van der Waals surface area contributed by atoms with Gasteiger partial charge < -0.3 is 4.74 Å². The monoisotopic (exact) mass is 804 g/mol. The van der Waals surface area contributed by atoms with Crippen LogP contribution in [0.15, 0.2) is 110 Å². The molecule has 0 amide bonds. The fraction of sp³-hybridized carbons (Fsp3) is 0.333. The molecule has 0 radical (unpaired) electrons. The predicted molar refractivity (Wildman–Crippen MR) is 243 cm³/mol. The summed E-state index contributed by atoms with van der Waals surface area (Å²) in [5.74, 6) is 8.89. The first-order chi connectivity index (χ1) is 29.7. The highest BCUT2D eigenvalue weighted by molar-refractivity contribution is 7.95. The first-order valence-corrected chi connectivity index (χ1v) is 25.2. The molecule has 3 heteroatoms. The minimum atomic E-state index is 0.0721. The zero-order valence-corrected chi connectivity index (χ0v) is 35.0. The lowest BCUT2D eigenvalue weighted by atomic mass is 9.63. The highest BCUT2D eigenvalue weighted by Crippen LogP contribution is 2.90. The van der Waals surface area contributed by atoms with E-state index in [9.17, 15) is 0 Å². The van der Waals surface area contributed by atoms with Crippen molar-refractivity contribution < 1.29 is 4.74 Å². The Kier molecular flexibility index (Phi) is 4.65. The average molecular weight is 805 g/mol. The molecule has 0 saturated heterocycles. The fourth-order valence-corrected chi connectivity index (χ4v) is 20.2. The quantitative estimate of drug-likeness (QED) is 0.161. The molecule has 15 aliphatic carbocycles. The van der Waals surface area contributed by atoms with Crippen LogP contribution in [0, 0.1) is 40.9 Å². The lowest BCUT2D eigenvalue weighted by molar-refractivity contribution is 0.306. The van der Waals surface area contributed by atoms with Gasteiger partial charge in [0.05, 0.1) is 6.61 Å². The lowest BCUT2D eigenvalue weighted by Crippen LogP contribution is -2.34. The third-order valence-electron chi connectivity index (χ3n) is 20.0. The molecule has 10 unspecified atom stereocenters. The first-order valence-electron chi connectivity index (χ1n) is 23.2. The molecule has 3 aromatic carbocycles. The van der Waals surface area contributed by atoms with Gasteiger partial charge in [-0.05, 0) is 207 Å². The van der Waals surface area contributed by atoms with Crippen molar-refractivity contribution in [3.63, 3.8) is 0 Å². The van der Waals surface area contributed by atoms with Crippen molar-refractivity contribution >= 4 is 55.5 Å². The Balaban J connectivity index is 0.896. The van der Waals surface area contributed by atoms with Gasteiger partial charge in [0.1, 0.15) is 5.05 Å². The van der Waals surface area contributed by atoms with Crippen molar-refractivity contribution in [2.24, 2.45) is 40.9 Å². The van der Waals surface area contributed by atoms with Crippen molar-refractivity contribution in [3.05, 3.63) is 171 Å². The summed E-state index contributed by atoms with van der Waals surface area (Å²) in [6, 6.07) is 17.1. The second kappa shape index (κ2) is 9.14. The van der Waals surface area contributed by atoms with Gasteiger partial charge in [-0.3, -0.25) is 0 Å². The number of hydrogen-bond acceptors (Lipinski definition) is 2. The largest absolute Gasteiger partial charge is 0.340 e. The third kappa shape index (κ3) is 2.70. The van der Waals surface area contributed by atoms with Crippen LogP contribution in [0.1, 0.15) is 94.0 Å². The molecule has 19 rings (SSSR count). The van der Waals surface area contributed by atoms with E-state index in [0.717, 1.165) is 36.8 Å². The van der Waals surface area contributed by atoms with E-state index in [-0.39, 0.29) is 10.8 Å². The smallest absolute Gasteiger partial charge is 0.104 e. The van der Waals surface area contributed by atoms with Crippen LogP contribution in [0.5, 0.6) is 0 Å². The highest BCUT2D eigenvalue weighted by atomic mass is 32.1. The van der Waals surface area contributed by atoms with Crippen LogP contribution in [-0.4, -0.2) is 17.5 Å². The standard InChI is InChI=1S/C57H40OS2/c1-59-33(58-12-9-23-10-13-60-22-23)8-5-11-56(31-6-3-2-4-7-31)55-32-20-29-18-26-16-27-15-24-14-25-17-28-19-30-21-57(55,56)54-40(30)45-39(28)44-35(25)34(24)42-38(27)43-36(26)37(29)46-41(32)53(54)52-50(45)48(44)47(42)49(43)51(46)52/h2-4,6-7,10,13,16-17,19-20,22,24,29-30,34,37,39,45,55H,1,5,8-9,11-12,14-15,18,21H2. The summed E-state index contributed by atoms with van der Waals surface area (Å²) in [7, 11) is 1.60.